The summed E-state index contributed by atoms with van der Waals surface area (Å²) in [6, 6.07) is 0. The Morgan fingerprint density at radius 2 is 1.80 bits per heavy atom. The van der Waals surface area contributed by atoms with Crippen LogP contribution >= 0.6 is 0 Å². The Morgan fingerprint density at radius 3 is 1.80 bits per heavy atom. The number of hydrogen-bond acceptors (Lipinski definition) is 0. The molecule has 1 radical (unpaired) electrons. The second-order valence-corrected chi connectivity index (χ2v) is 0.569. The molecule has 0 saturated carbocycles. The zero-order valence-corrected chi connectivity index (χ0v) is 6.28. The molecule has 0 aromatic carbocycles. The molecule has 27 valence electrons. The smallest absolute Gasteiger partial charge is 0 e. The molecule has 0 amide bonds. The molecule has 0 aromatic rings. The van der Waals surface area contributed by atoms with Gasteiger partial charge in [-0.25, -0.2) is 19.1 Å². The predicted molar refractivity (Wildman–Crippen MR) is 20.2 cm³/mol. The molecule has 0 rings (SSSR count). The van der Waals surface area contributed by atoms with Gasteiger partial charge in [-0.3, -0.25) is 0 Å². The van der Waals surface area contributed by atoms with Crippen molar-refractivity contribution in [1.82, 2.24) is 0 Å². The minimum absolute atomic E-state index is 0. The second-order valence-electron chi connectivity index (χ2n) is 0.569. The van der Waals surface area contributed by atoms with Gasteiger partial charge < -0.3 is 0 Å². The third-order valence-electron chi connectivity index (χ3n) is 0.236. The molecule has 0 heterocycles. The average molecular weight is 144 g/mol. The quantitative estimate of drug-likeness (QED) is 0.450. The normalized spacial score (nSPS) is 7.40. The number of hydrogen-bond donors (Lipinski definition) is 0. The third kappa shape index (κ3) is 11.8. The molecule has 0 N–H and O–H groups in total. The summed E-state index contributed by atoms with van der Waals surface area (Å²) in [6.45, 7) is 5.36. The van der Waals surface area contributed by atoms with Crippen LogP contribution in [-0.4, -0.2) is 0 Å². The predicted octanol–water partition coefficient (Wildman–Crippen LogP) is 1.39. The summed E-state index contributed by atoms with van der Waals surface area (Å²) in [7, 11) is 0. The maximum atomic E-state index is 3.42. The largest absolute Gasteiger partial charge is 0.245 e. The van der Waals surface area contributed by atoms with E-state index in [4.69, 9.17) is 0 Å². The van der Waals surface area contributed by atoms with Crippen LogP contribution in [0.1, 0.15) is 6.92 Å². The fourth-order valence-corrected chi connectivity index (χ4v) is 0. The van der Waals surface area contributed by atoms with Crippen LogP contribution in [0.5, 0.6) is 0 Å². The zero-order chi connectivity index (χ0) is 3.41. The topological polar surface area (TPSA) is 0 Å². The Kier molecular flexibility index (Phi) is 16.3. The van der Waals surface area contributed by atoms with Crippen molar-refractivity contribution in [1.29, 1.82) is 0 Å². The molecule has 0 spiro atoms. The van der Waals surface area contributed by atoms with Crippen molar-refractivity contribution in [3.8, 4) is 0 Å². The van der Waals surface area contributed by atoms with Crippen LogP contribution < -0.4 is 0 Å². The van der Waals surface area contributed by atoms with Crippen molar-refractivity contribution in [2.45, 2.75) is 6.92 Å². The summed E-state index contributed by atoms with van der Waals surface area (Å²) < 4.78 is 0. The summed E-state index contributed by atoms with van der Waals surface area (Å²) in [4.78, 5) is 0. The third-order valence-corrected chi connectivity index (χ3v) is 0.236. The Morgan fingerprint density at radius 1 is 1.60 bits per heavy atom. The molecule has 0 nitrogen and oxygen atoms in total. The van der Waals surface area contributed by atoms with E-state index in [1.807, 2.05) is 13.0 Å². The first-order valence-corrected chi connectivity index (χ1v) is 1.32. The van der Waals surface area contributed by atoms with Crippen LogP contribution in [-0.2, 0) is 32.7 Å². The molecular weight excluding hydrogens is 137 g/mol. The summed E-state index contributed by atoms with van der Waals surface area (Å²) >= 11 is 0. The molecule has 5 heavy (non-hydrogen) atoms. The van der Waals surface area contributed by atoms with Gasteiger partial charge in [-0.15, -0.1) is 6.92 Å². The molecule has 0 bridgehead atoms. The fraction of sp³-hybridized carbons (Fsp3) is 0.250. The Hall–Kier alpha value is 0.714. The van der Waals surface area contributed by atoms with Crippen molar-refractivity contribution in [2.24, 2.45) is 0 Å². The number of rotatable bonds is 0. The standard InChI is InChI=1S/C4H7.Y/c1-3-4-2;/h3-4H,1H2,2H3;/q-1;/b4-3-;. The molecule has 0 saturated heterocycles. The van der Waals surface area contributed by atoms with Crippen molar-refractivity contribution >= 4 is 0 Å². The molecule has 0 unspecified atom stereocenters. The van der Waals surface area contributed by atoms with Crippen LogP contribution in [0.3, 0.4) is 0 Å². The molecule has 0 fully saturated rings. The Balaban J connectivity index is 0. The number of allylic oxidation sites excluding steroid dienone is 2. The molecule has 0 atom stereocenters. The second kappa shape index (κ2) is 8.83. The first kappa shape index (κ1) is 9.21. The van der Waals surface area contributed by atoms with Gasteiger partial charge in [0.05, 0.1) is 0 Å². The first-order chi connectivity index (χ1) is 1.91. The van der Waals surface area contributed by atoms with E-state index in [1.165, 1.54) is 0 Å². The van der Waals surface area contributed by atoms with E-state index in [0.717, 1.165) is 0 Å². The summed E-state index contributed by atoms with van der Waals surface area (Å²) in [5, 5.41) is 0. The average Bonchev–Trinajstić information content (AvgIpc) is 1.37. The van der Waals surface area contributed by atoms with E-state index in [-0.39, 0.29) is 32.7 Å². The van der Waals surface area contributed by atoms with Crippen molar-refractivity contribution in [3.05, 3.63) is 19.1 Å². The van der Waals surface area contributed by atoms with Gasteiger partial charge in [0.2, 0.25) is 0 Å². The van der Waals surface area contributed by atoms with Gasteiger partial charge in [0.1, 0.15) is 0 Å². The van der Waals surface area contributed by atoms with Crippen molar-refractivity contribution < 1.29 is 32.7 Å². The van der Waals surface area contributed by atoms with E-state index in [0.29, 0.717) is 0 Å². The van der Waals surface area contributed by atoms with E-state index in [9.17, 15) is 0 Å². The van der Waals surface area contributed by atoms with Gasteiger partial charge >= 0.3 is 0 Å². The fourth-order valence-electron chi connectivity index (χ4n) is 0. The maximum Gasteiger partial charge on any atom is 0 e. The molecule has 0 aromatic heterocycles. The molecule has 1 heteroatoms. The van der Waals surface area contributed by atoms with Crippen LogP contribution in [0.25, 0.3) is 0 Å². The van der Waals surface area contributed by atoms with Gasteiger partial charge in [-0.1, -0.05) is 0 Å². The van der Waals surface area contributed by atoms with Gasteiger partial charge in [-0.05, 0) is 0 Å². The molecule has 0 aliphatic heterocycles. The molecular formula is C4H7Y-. The minimum atomic E-state index is 0. The monoisotopic (exact) mass is 144 g/mol. The van der Waals surface area contributed by atoms with E-state index < -0.39 is 0 Å². The van der Waals surface area contributed by atoms with Crippen LogP contribution in [0.15, 0.2) is 12.2 Å². The maximum absolute atomic E-state index is 3.42. The van der Waals surface area contributed by atoms with Gasteiger partial charge in [0, 0.05) is 32.7 Å². The first-order valence-electron chi connectivity index (χ1n) is 1.32. The zero-order valence-electron chi connectivity index (χ0n) is 3.44. The van der Waals surface area contributed by atoms with Crippen LogP contribution in [0.2, 0.25) is 0 Å². The molecule has 0 aliphatic rings. The SMILES string of the molecule is [CH2-]/C=C\C.[Y]. The van der Waals surface area contributed by atoms with Crippen molar-refractivity contribution in [2.75, 3.05) is 0 Å². The Labute approximate surface area is 58.5 Å². The van der Waals surface area contributed by atoms with Crippen LogP contribution in [0, 0.1) is 6.92 Å². The van der Waals surface area contributed by atoms with Crippen molar-refractivity contribution in [3.63, 3.8) is 0 Å². The van der Waals surface area contributed by atoms with Crippen LogP contribution in [0.4, 0.5) is 0 Å². The summed E-state index contributed by atoms with van der Waals surface area (Å²) in [6.07, 6.45) is 3.64. The van der Waals surface area contributed by atoms with E-state index in [2.05, 4.69) is 6.92 Å². The van der Waals surface area contributed by atoms with Gasteiger partial charge in [0.15, 0.2) is 0 Å². The Bertz CT molecular complexity index is 18.8. The van der Waals surface area contributed by atoms with E-state index >= 15 is 0 Å². The van der Waals surface area contributed by atoms with E-state index in [1.54, 1.807) is 6.08 Å². The van der Waals surface area contributed by atoms with Gasteiger partial charge in [-0.2, -0.15) is 0 Å². The molecule has 0 aliphatic carbocycles. The summed E-state index contributed by atoms with van der Waals surface area (Å²) in [5.74, 6) is 0. The minimum Gasteiger partial charge on any atom is -0.245 e. The van der Waals surface area contributed by atoms with Gasteiger partial charge in [0.25, 0.3) is 0 Å². The summed E-state index contributed by atoms with van der Waals surface area (Å²) in [5.41, 5.74) is 0.